The van der Waals surface area contributed by atoms with Gasteiger partial charge in [-0.15, -0.1) is 0 Å². The van der Waals surface area contributed by atoms with E-state index in [0.29, 0.717) is 11.1 Å². The number of nitrogens with one attached hydrogen (secondary N) is 1. The molecule has 1 atom stereocenters. The standard InChI is InChI=1S/C15H16FNO2S/c1-11-7-3-6-10-15(11)20(18,19)17-12(2)13-8-4-5-9-14(13)16/h3-10,12,17H,1-2H3. The lowest BCUT2D eigenvalue weighted by atomic mass is 10.1. The predicted octanol–water partition coefficient (Wildman–Crippen LogP) is 3.17. The molecule has 1 unspecified atom stereocenters. The maximum atomic E-state index is 13.7. The van der Waals surface area contributed by atoms with E-state index in [4.69, 9.17) is 0 Å². The molecule has 2 rings (SSSR count). The number of rotatable bonds is 4. The van der Waals surface area contributed by atoms with Crippen molar-refractivity contribution in [1.82, 2.24) is 4.72 Å². The first-order valence-corrected chi connectivity index (χ1v) is 7.72. The van der Waals surface area contributed by atoms with Crippen molar-refractivity contribution < 1.29 is 12.8 Å². The molecule has 1 N–H and O–H groups in total. The summed E-state index contributed by atoms with van der Waals surface area (Å²) in [4.78, 5) is 0.211. The van der Waals surface area contributed by atoms with E-state index in [1.54, 1.807) is 50.2 Å². The summed E-state index contributed by atoms with van der Waals surface area (Å²) in [6, 6.07) is 12.2. The molecule has 0 saturated carbocycles. The van der Waals surface area contributed by atoms with Crippen LogP contribution in [0.3, 0.4) is 0 Å². The molecule has 0 fully saturated rings. The Bertz CT molecular complexity index is 713. The normalized spacial score (nSPS) is 13.2. The molecule has 0 spiro atoms. The highest BCUT2D eigenvalue weighted by Crippen LogP contribution is 2.20. The topological polar surface area (TPSA) is 46.2 Å². The zero-order valence-corrected chi connectivity index (χ0v) is 12.1. The molecular formula is C15H16FNO2S. The molecule has 5 heteroatoms. The Kier molecular flexibility index (Phi) is 4.20. The molecule has 0 aliphatic carbocycles. The molecule has 0 aliphatic heterocycles. The molecule has 3 nitrogen and oxygen atoms in total. The van der Waals surface area contributed by atoms with Crippen molar-refractivity contribution >= 4 is 10.0 Å². The largest absolute Gasteiger partial charge is 0.241 e. The number of sulfonamides is 1. The van der Waals surface area contributed by atoms with E-state index in [1.807, 2.05) is 0 Å². The highest BCUT2D eigenvalue weighted by molar-refractivity contribution is 7.89. The quantitative estimate of drug-likeness (QED) is 0.941. The van der Waals surface area contributed by atoms with E-state index in [-0.39, 0.29) is 4.90 Å². The highest BCUT2D eigenvalue weighted by atomic mass is 32.2. The summed E-state index contributed by atoms with van der Waals surface area (Å²) in [5.41, 5.74) is 0.977. The molecule has 0 aliphatic rings. The molecule has 0 radical (unpaired) electrons. The minimum absolute atomic E-state index is 0.211. The van der Waals surface area contributed by atoms with E-state index >= 15 is 0 Å². The molecule has 0 aromatic heterocycles. The van der Waals surface area contributed by atoms with Gasteiger partial charge in [-0.2, -0.15) is 0 Å². The van der Waals surface area contributed by atoms with Crippen molar-refractivity contribution in [1.29, 1.82) is 0 Å². The fraction of sp³-hybridized carbons (Fsp3) is 0.200. The van der Waals surface area contributed by atoms with Gasteiger partial charge in [-0.05, 0) is 31.5 Å². The lowest BCUT2D eigenvalue weighted by Gasteiger charge is -2.16. The summed E-state index contributed by atoms with van der Waals surface area (Å²) >= 11 is 0. The predicted molar refractivity (Wildman–Crippen MR) is 76.3 cm³/mol. The van der Waals surface area contributed by atoms with E-state index in [1.165, 1.54) is 12.1 Å². The van der Waals surface area contributed by atoms with Crippen molar-refractivity contribution in [3.63, 3.8) is 0 Å². The van der Waals surface area contributed by atoms with Crippen molar-refractivity contribution in [2.75, 3.05) is 0 Å². The zero-order valence-electron chi connectivity index (χ0n) is 11.3. The van der Waals surface area contributed by atoms with Gasteiger partial charge in [0.25, 0.3) is 0 Å². The third-order valence-corrected chi connectivity index (χ3v) is 4.79. The Morgan fingerprint density at radius 1 is 1.05 bits per heavy atom. The third-order valence-electron chi connectivity index (χ3n) is 3.09. The van der Waals surface area contributed by atoms with Gasteiger partial charge in [-0.3, -0.25) is 0 Å². The van der Waals surface area contributed by atoms with Crippen LogP contribution in [0.4, 0.5) is 4.39 Å². The van der Waals surface area contributed by atoms with Crippen LogP contribution in [0.2, 0.25) is 0 Å². The lowest BCUT2D eigenvalue weighted by Crippen LogP contribution is -2.28. The molecule has 106 valence electrons. The van der Waals surface area contributed by atoms with Gasteiger partial charge in [0, 0.05) is 11.6 Å². The van der Waals surface area contributed by atoms with Crippen LogP contribution in [0.1, 0.15) is 24.1 Å². The van der Waals surface area contributed by atoms with Crippen LogP contribution >= 0.6 is 0 Å². The molecule has 0 bridgehead atoms. The molecule has 20 heavy (non-hydrogen) atoms. The fourth-order valence-electron chi connectivity index (χ4n) is 2.04. The Morgan fingerprint density at radius 2 is 1.65 bits per heavy atom. The van der Waals surface area contributed by atoms with Gasteiger partial charge in [0.05, 0.1) is 4.90 Å². The lowest BCUT2D eigenvalue weighted by molar-refractivity contribution is 0.549. The number of hydrogen-bond acceptors (Lipinski definition) is 2. The smallest absolute Gasteiger partial charge is 0.207 e. The summed E-state index contributed by atoms with van der Waals surface area (Å²) in [6.07, 6.45) is 0. The van der Waals surface area contributed by atoms with Crippen LogP contribution in [0.15, 0.2) is 53.4 Å². The van der Waals surface area contributed by atoms with Crippen LogP contribution in [0.25, 0.3) is 0 Å². The second kappa shape index (κ2) is 5.73. The Hall–Kier alpha value is -1.72. The van der Waals surface area contributed by atoms with Crippen molar-refractivity contribution in [3.8, 4) is 0 Å². The van der Waals surface area contributed by atoms with Crippen molar-refractivity contribution in [3.05, 3.63) is 65.5 Å². The first kappa shape index (κ1) is 14.7. The SMILES string of the molecule is Cc1ccccc1S(=O)(=O)NC(C)c1ccccc1F. The van der Waals surface area contributed by atoms with Gasteiger partial charge < -0.3 is 0 Å². The molecule has 0 heterocycles. The van der Waals surface area contributed by atoms with Gasteiger partial charge in [-0.25, -0.2) is 17.5 Å². The van der Waals surface area contributed by atoms with Crippen molar-refractivity contribution in [2.45, 2.75) is 24.8 Å². The number of benzene rings is 2. The Labute approximate surface area is 118 Å². The minimum Gasteiger partial charge on any atom is -0.207 e. The third kappa shape index (κ3) is 3.05. The van der Waals surface area contributed by atoms with Crippen LogP contribution in [-0.2, 0) is 10.0 Å². The summed E-state index contributed by atoms with van der Waals surface area (Å²) in [5, 5.41) is 0. The average molecular weight is 293 g/mol. The molecule has 0 amide bonds. The van der Waals surface area contributed by atoms with Crippen molar-refractivity contribution in [2.24, 2.45) is 0 Å². The van der Waals surface area contributed by atoms with E-state index in [9.17, 15) is 12.8 Å². The molecular weight excluding hydrogens is 277 g/mol. The van der Waals surface area contributed by atoms with Gasteiger partial charge in [-0.1, -0.05) is 36.4 Å². The molecule has 2 aromatic rings. The summed E-state index contributed by atoms with van der Waals surface area (Å²) in [5.74, 6) is -0.424. The van der Waals surface area contributed by atoms with E-state index < -0.39 is 21.9 Å². The fourth-order valence-corrected chi connectivity index (χ4v) is 3.51. The van der Waals surface area contributed by atoms with Gasteiger partial charge in [0.2, 0.25) is 10.0 Å². The van der Waals surface area contributed by atoms with E-state index in [0.717, 1.165) is 0 Å². The zero-order chi connectivity index (χ0) is 14.8. The van der Waals surface area contributed by atoms with Gasteiger partial charge >= 0.3 is 0 Å². The minimum atomic E-state index is -3.67. The average Bonchev–Trinajstić information content (AvgIpc) is 2.38. The Morgan fingerprint density at radius 3 is 2.30 bits per heavy atom. The number of hydrogen-bond donors (Lipinski definition) is 1. The number of aryl methyl sites for hydroxylation is 1. The first-order chi connectivity index (χ1) is 9.42. The monoisotopic (exact) mass is 293 g/mol. The molecule has 0 saturated heterocycles. The summed E-state index contributed by atoms with van der Waals surface area (Å²) in [6.45, 7) is 3.34. The second-order valence-electron chi connectivity index (χ2n) is 4.63. The van der Waals surface area contributed by atoms with Crippen LogP contribution in [0, 0.1) is 12.7 Å². The van der Waals surface area contributed by atoms with Gasteiger partial charge in [0.1, 0.15) is 5.82 Å². The molecule has 2 aromatic carbocycles. The van der Waals surface area contributed by atoms with E-state index in [2.05, 4.69) is 4.72 Å². The highest BCUT2D eigenvalue weighted by Gasteiger charge is 2.21. The van der Waals surface area contributed by atoms with Crippen LogP contribution in [0.5, 0.6) is 0 Å². The second-order valence-corrected chi connectivity index (χ2v) is 6.31. The Balaban J connectivity index is 2.30. The summed E-state index contributed by atoms with van der Waals surface area (Å²) < 4.78 is 40.8. The van der Waals surface area contributed by atoms with Gasteiger partial charge in [0.15, 0.2) is 0 Å². The maximum absolute atomic E-state index is 13.7. The van der Waals surface area contributed by atoms with Crippen LogP contribution < -0.4 is 4.72 Å². The first-order valence-electron chi connectivity index (χ1n) is 6.24. The maximum Gasteiger partial charge on any atom is 0.241 e. The number of halogens is 1. The van der Waals surface area contributed by atoms with Crippen LogP contribution in [-0.4, -0.2) is 8.42 Å². The summed E-state index contributed by atoms with van der Waals surface area (Å²) in [7, 11) is -3.67.